The first-order valence-corrected chi connectivity index (χ1v) is 12.5. The first-order chi connectivity index (χ1) is 17.5. The molecule has 5 rings (SSSR count). The molecular weight excluding hydrogens is 454 g/mol. The number of ketones is 1. The van der Waals surface area contributed by atoms with Gasteiger partial charge < -0.3 is 14.6 Å². The average molecular weight is 486 g/mol. The van der Waals surface area contributed by atoms with E-state index in [9.17, 15) is 9.59 Å². The van der Waals surface area contributed by atoms with Crippen LogP contribution in [0.5, 0.6) is 5.75 Å². The van der Waals surface area contributed by atoms with Crippen molar-refractivity contribution >= 4 is 16.7 Å². The normalized spacial score (nSPS) is 14.4. The molecule has 4 aromatic rings. The molecule has 1 fully saturated rings. The van der Waals surface area contributed by atoms with Gasteiger partial charge in [0.05, 0.1) is 35.6 Å². The Labute approximate surface area is 210 Å². The van der Waals surface area contributed by atoms with Gasteiger partial charge in [0.15, 0.2) is 5.78 Å². The third-order valence-electron chi connectivity index (χ3n) is 6.55. The largest absolute Gasteiger partial charge is 0.489 e. The number of nitrogens with zero attached hydrogens (tertiary/aromatic N) is 4. The van der Waals surface area contributed by atoms with Crippen molar-refractivity contribution in [2.75, 3.05) is 13.1 Å². The number of carbonyl (C=O) groups excluding carboxylic acids is 1. The average Bonchev–Trinajstić information content (AvgIpc) is 3.38. The van der Waals surface area contributed by atoms with Crippen LogP contribution in [0.1, 0.15) is 42.9 Å². The van der Waals surface area contributed by atoms with Crippen molar-refractivity contribution in [2.45, 2.75) is 45.8 Å². The van der Waals surface area contributed by atoms with Crippen LogP contribution in [-0.2, 0) is 13.0 Å². The molecule has 1 aliphatic rings. The topological polar surface area (TPSA) is 91.0 Å². The lowest BCUT2D eigenvalue weighted by atomic mass is 9.94. The molecular formula is C28H31N5O3. The minimum atomic E-state index is -0.155. The number of imidazole rings is 1. The number of benzene rings is 2. The SMILES string of the molecule is CC(C)Oc1ccc(C(=O)Cn2ccnc2)cc1-n1c(CC2CCNCC2)nc2ccccc2c1=O. The highest BCUT2D eigenvalue weighted by atomic mass is 16.5. The second-order valence-electron chi connectivity index (χ2n) is 9.59. The van der Waals surface area contributed by atoms with E-state index < -0.39 is 0 Å². The van der Waals surface area contributed by atoms with Crippen LogP contribution in [0.4, 0.5) is 0 Å². The zero-order valence-corrected chi connectivity index (χ0v) is 20.7. The monoisotopic (exact) mass is 485 g/mol. The van der Waals surface area contributed by atoms with Crippen molar-refractivity contribution in [3.63, 3.8) is 0 Å². The van der Waals surface area contributed by atoms with Crippen LogP contribution in [-0.4, -0.2) is 44.1 Å². The van der Waals surface area contributed by atoms with Gasteiger partial charge >= 0.3 is 0 Å². The van der Waals surface area contributed by atoms with Gasteiger partial charge in [0.1, 0.15) is 11.6 Å². The molecule has 0 bridgehead atoms. The fraction of sp³-hybridized carbons (Fsp3) is 0.357. The Kier molecular flexibility index (Phi) is 6.95. The predicted octanol–water partition coefficient (Wildman–Crippen LogP) is 3.79. The van der Waals surface area contributed by atoms with Crippen molar-refractivity contribution in [2.24, 2.45) is 5.92 Å². The number of ether oxygens (including phenoxy) is 1. The van der Waals surface area contributed by atoms with E-state index in [4.69, 9.17) is 9.72 Å². The summed E-state index contributed by atoms with van der Waals surface area (Å²) in [5.41, 5.74) is 1.58. The second kappa shape index (κ2) is 10.5. The fourth-order valence-corrected chi connectivity index (χ4v) is 4.76. The van der Waals surface area contributed by atoms with Crippen LogP contribution in [0.15, 0.2) is 66.0 Å². The predicted molar refractivity (Wildman–Crippen MR) is 139 cm³/mol. The lowest BCUT2D eigenvalue weighted by Crippen LogP contribution is -2.31. The summed E-state index contributed by atoms with van der Waals surface area (Å²) in [4.78, 5) is 36.0. The lowest BCUT2D eigenvalue weighted by Gasteiger charge is -2.24. The van der Waals surface area contributed by atoms with E-state index in [1.54, 1.807) is 52.1 Å². The van der Waals surface area contributed by atoms with E-state index in [0.717, 1.165) is 25.9 Å². The molecule has 1 aliphatic heterocycles. The summed E-state index contributed by atoms with van der Waals surface area (Å²) in [5, 5.41) is 3.94. The van der Waals surface area contributed by atoms with Crippen molar-refractivity contribution in [3.8, 4) is 11.4 Å². The van der Waals surface area contributed by atoms with E-state index in [-0.39, 0.29) is 24.0 Å². The highest BCUT2D eigenvalue weighted by Crippen LogP contribution is 2.28. The summed E-state index contributed by atoms with van der Waals surface area (Å²) >= 11 is 0. The second-order valence-corrected chi connectivity index (χ2v) is 9.59. The molecule has 186 valence electrons. The van der Waals surface area contributed by atoms with E-state index in [0.29, 0.717) is 46.1 Å². The molecule has 2 aromatic heterocycles. The summed E-state index contributed by atoms with van der Waals surface area (Å²) in [6.45, 7) is 5.97. The Balaban J connectivity index is 1.66. The molecule has 3 heterocycles. The van der Waals surface area contributed by atoms with Crippen molar-refractivity contribution in [1.82, 2.24) is 24.4 Å². The van der Waals surface area contributed by atoms with Gasteiger partial charge in [0, 0.05) is 24.4 Å². The molecule has 0 unspecified atom stereocenters. The molecule has 8 nitrogen and oxygen atoms in total. The minimum Gasteiger partial charge on any atom is -0.489 e. The molecule has 0 saturated carbocycles. The molecule has 1 N–H and O–H groups in total. The summed E-state index contributed by atoms with van der Waals surface area (Å²) in [6, 6.07) is 12.7. The highest BCUT2D eigenvalue weighted by Gasteiger charge is 2.22. The smallest absolute Gasteiger partial charge is 0.266 e. The molecule has 8 heteroatoms. The summed E-state index contributed by atoms with van der Waals surface area (Å²) in [7, 11) is 0. The number of carbonyl (C=O) groups is 1. The van der Waals surface area contributed by atoms with Crippen LogP contribution in [0.3, 0.4) is 0 Å². The number of para-hydroxylation sites is 1. The number of hydrogen-bond acceptors (Lipinski definition) is 6. The Morgan fingerprint density at radius 3 is 2.72 bits per heavy atom. The first-order valence-electron chi connectivity index (χ1n) is 12.5. The van der Waals surface area contributed by atoms with Crippen LogP contribution in [0.2, 0.25) is 0 Å². The van der Waals surface area contributed by atoms with E-state index in [1.165, 1.54) is 0 Å². The van der Waals surface area contributed by atoms with Crippen LogP contribution in [0.25, 0.3) is 16.6 Å². The molecule has 36 heavy (non-hydrogen) atoms. The number of hydrogen-bond donors (Lipinski definition) is 1. The van der Waals surface area contributed by atoms with Crippen LogP contribution >= 0.6 is 0 Å². The van der Waals surface area contributed by atoms with Gasteiger partial charge in [-0.25, -0.2) is 9.97 Å². The lowest BCUT2D eigenvalue weighted by molar-refractivity contribution is 0.0972. The van der Waals surface area contributed by atoms with Crippen LogP contribution in [0, 0.1) is 5.92 Å². The standard InChI is InChI=1S/C28H31N5O3/c1-19(2)36-26-8-7-21(25(34)17-32-14-13-30-18-32)16-24(26)33-27(15-20-9-11-29-12-10-20)31-23-6-4-3-5-22(23)28(33)35/h3-8,13-14,16,18-20,29H,9-12,15,17H2,1-2H3. The third kappa shape index (κ3) is 5.09. The van der Waals surface area contributed by atoms with Crippen LogP contribution < -0.4 is 15.6 Å². The van der Waals surface area contributed by atoms with Crippen molar-refractivity contribution in [3.05, 3.63) is 82.9 Å². The molecule has 0 spiro atoms. The summed E-state index contributed by atoms with van der Waals surface area (Å²) in [5.74, 6) is 1.59. The minimum absolute atomic E-state index is 0.0768. The third-order valence-corrected chi connectivity index (χ3v) is 6.55. The maximum Gasteiger partial charge on any atom is 0.266 e. The summed E-state index contributed by atoms with van der Waals surface area (Å²) < 4.78 is 9.52. The number of Topliss-reactive ketones (excluding diaryl/α,β-unsaturated/α-hetero) is 1. The Hall–Kier alpha value is -3.78. The molecule has 0 radical (unpaired) electrons. The number of aromatic nitrogens is 4. The zero-order chi connectivity index (χ0) is 25.1. The fourth-order valence-electron chi connectivity index (χ4n) is 4.76. The molecule has 2 aromatic carbocycles. The van der Waals surface area contributed by atoms with Gasteiger partial charge in [0.2, 0.25) is 0 Å². The number of rotatable bonds is 8. The number of nitrogens with one attached hydrogen (secondary N) is 1. The number of fused-ring (bicyclic) bond motifs is 1. The van der Waals surface area contributed by atoms with Gasteiger partial charge in [-0.15, -0.1) is 0 Å². The van der Waals surface area contributed by atoms with Gasteiger partial charge in [-0.1, -0.05) is 12.1 Å². The quantitative estimate of drug-likeness (QED) is 0.382. The van der Waals surface area contributed by atoms with E-state index >= 15 is 0 Å². The Morgan fingerprint density at radius 1 is 1.17 bits per heavy atom. The van der Waals surface area contributed by atoms with E-state index in [1.807, 2.05) is 32.0 Å². The first kappa shape index (κ1) is 23.9. The molecule has 0 amide bonds. The molecule has 1 saturated heterocycles. The molecule has 0 atom stereocenters. The zero-order valence-electron chi connectivity index (χ0n) is 20.7. The maximum absolute atomic E-state index is 13.9. The van der Waals surface area contributed by atoms with Gasteiger partial charge in [-0.05, 0) is 76.0 Å². The maximum atomic E-state index is 13.9. The highest BCUT2D eigenvalue weighted by molar-refractivity contribution is 5.96. The van der Waals surface area contributed by atoms with Crippen molar-refractivity contribution in [1.29, 1.82) is 0 Å². The van der Waals surface area contributed by atoms with Gasteiger partial charge in [-0.2, -0.15) is 0 Å². The van der Waals surface area contributed by atoms with E-state index in [2.05, 4.69) is 10.3 Å². The Morgan fingerprint density at radius 2 is 1.97 bits per heavy atom. The van der Waals surface area contributed by atoms with Crippen molar-refractivity contribution < 1.29 is 9.53 Å². The van der Waals surface area contributed by atoms with Gasteiger partial charge in [0.25, 0.3) is 5.56 Å². The number of piperidine rings is 1. The Bertz CT molecular complexity index is 1420. The van der Waals surface area contributed by atoms with Gasteiger partial charge in [-0.3, -0.25) is 14.2 Å². The summed E-state index contributed by atoms with van der Waals surface area (Å²) in [6.07, 6.45) is 7.65. The molecule has 0 aliphatic carbocycles.